The summed E-state index contributed by atoms with van der Waals surface area (Å²) in [5, 5.41) is 27.9. The second-order valence-electron chi connectivity index (χ2n) is 8.77. The molecule has 0 aromatic heterocycles. The fourth-order valence-corrected chi connectivity index (χ4v) is 3.35. The Bertz CT molecular complexity index is 993. The summed E-state index contributed by atoms with van der Waals surface area (Å²) in [6.45, 7) is 4.22. The van der Waals surface area contributed by atoms with Crippen LogP contribution in [0.5, 0.6) is 0 Å². The van der Waals surface area contributed by atoms with E-state index in [1.807, 2.05) is 43.3 Å². The Morgan fingerprint density at radius 3 is 1.97 bits per heavy atom. The molecule has 0 saturated heterocycles. The average molecular weight is 500 g/mol. The van der Waals surface area contributed by atoms with Crippen LogP contribution < -0.4 is 16.0 Å². The van der Waals surface area contributed by atoms with Crippen LogP contribution in [-0.2, 0) is 11.2 Å². The van der Waals surface area contributed by atoms with Gasteiger partial charge >= 0.3 is 6.03 Å². The highest BCUT2D eigenvalue weighted by Crippen LogP contribution is 2.20. The van der Waals surface area contributed by atoms with Crippen LogP contribution in [0.15, 0.2) is 48.5 Å². The van der Waals surface area contributed by atoms with E-state index < -0.39 is 30.0 Å². The van der Waals surface area contributed by atoms with Crippen LogP contribution in [-0.4, -0.2) is 90.5 Å². The standard InChI is InChI=1S/C26H37N5O5/c1-5-19-6-8-20(9-7-19)21-10-12-22(13-11-21)24(33)29-23(18(2)32)25(34)27-15-17-31(36)26(35)28-14-16-30(3)4/h6-13,18,23,32,36H,5,14-17H2,1-4H3,(H,27,34)(H,28,35)(H,29,33)/t18-,23+/m1/s1. The van der Waals surface area contributed by atoms with Gasteiger partial charge in [-0.1, -0.05) is 43.3 Å². The molecule has 0 unspecified atom stereocenters. The van der Waals surface area contributed by atoms with Gasteiger partial charge in [0.2, 0.25) is 5.91 Å². The first-order valence-electron chi connectivity index (χ1n) is 12.0. The molecule has 2 aromatic carbocycles. The van der Waals surface area contributed by atoms with Gasteiger partial charge in [0.25, 0.3) is 5.91 Å². The van der Waals surface area contributed by atoms with Crippen molar-refractivity contribution in [3.05, 3.63) is 59.7 Å². The Balaban J connectivity index is 1.88. The predicted molar refractivity (Wildman–Crippen MR) is 138 cm³/mol. The number of likely N-dealkylation sites (N-methyl/N-ethyl adjacent to an activating group) is 1. The van der Waals surface area contributed by atoms with Crippen LogP contribution in [0.3, 0.4) is 0 Å². The van der Waals surface area contributed by atoms with Crippen LogP contribution in [0.1, 0.15) is 29.8 Å². The Hall–Kier alpha value is -3.47. The first-order chi connectivity index (χ1) is 17.1. The highest BCUT2D eigenvalue weighted by Gasteiger charge is 2.26. The lowest BCUT2D eigenvalue weighted by atomic mass is 10.0. The largest absolute Gasteiger partial charge is 0.391 e. The van der Waals surface area contributed by atoms with Gasteiger partial charge in [-0.25, -0.2) is 9.86 Å². The summed E-state index contributed by atoms with van der Waals surface area (Å²) in [7, 11) is 3.72. The lowest BCUT2D eigenvalue weighted by Crippen LogP contribution is -2.53. The molecule has 0 spiro atoms. The molecule has 10 heteroatoms. The van der Waals surface area contributed by atoms with Crippen LogP contribution in [0, 0.1) is 0 Å². The molecule has 0 aliphatic heterocycles. The number of urea groups is 1. The predicted octanol–water partition coefficient (Wildman–Crippen LogP) is 1.47. The number of aryl methyl sites for hydroxylation is 1. The van der Waals surface area contributed by atoms with E-state index in [1.54, 1.807) is 12.1 Å². The minimum Gasteiger partial charge on any atom is -0.391 e. The number of carbonyl (C=O) groups excluding carboxylic acids is 3. The summed E-state index contributed by atoms with van der Waals surface area (Å²) in [5.74, 6) is -1.14. The van der Waals surface area contributed by atoms with E-state index in [1.165, 1.54) is 12.5 Å². The van der Waals surface area contributed by atoms with Gasteiger partial charge in [0.05, 0.1) is 12.6 Å². The zero-order chi connectivity index (χ0) is 26.7. The van der Waals surface area contributed by atoms with Gasteiger partial charge in [0.15, 0.2) is 0 Å². The summed E-state index contributed by atoms with van der Waals surface area (Å²) in [6, 6.07) is 13.3. The molecule has 0 saturated carbocycles. The number of aliphatic hydroxyl groups excluding tert-OH is 1. The van der Waals surface area contributed by atoms with Gasteiger partial charge in [-0.15, -0.1) is 0 Å². The Morgan fingerprint density at radius 2 is 1.44 bits per heavy atom. The SMILES string of the molecule is CCc1ccc(-c2ccc(C(=O)N[C@H](C(=O)NCCN(O)C(=O)NCCN(C)C)[C@@H](C)O)cc2)cc1. The molecular formula is C26H37N5O5. The van der Waals surface area contributed by atoms with E-state index in [9.17, 15) is 24.7 Å². The van der Waals surface area contributed by atoms with Crippen LogP contribution in [0.2, 0.25) is 0 Å². The molecule has 10 nitrogen and oxygen atoms in total. The first kappa shape index (κ1) is 28.8. The van der Waals surface area contributed by atoms with Crippen molar-refractivity contribution in [2.24, 2.45) is 0 Å². The normalized spacial score (nSPS) is 12.5. The summed E-state index contributed by atoms with van der Waals surface area (Å²) in [5.41, 5.74) is 3.58. The minimum atomic E-state index is -1.21. The molecule has 2 rings (SSSR count). The summed E-state index contributed by atoms with van der Waals surface area (Å²) in [4.78, 5) is 39.0. The quantitative estimate of drug-likeness (QED) is 0.222. The van der Waals surface area contributed by atoms with Gasteiger partial charge in [-0.3, -0.25) is 14.8 Å². The number of nitrogens with one attached hydrogen (secondary N) is 3. The van der Waals surface area contributed by atoms with Crippen molar-refractivity contribution in [3.8, 4) is 11.1 Å². The molecule has 0 bridgehead atoms. The molecule has 2 atom stereocenters. The van der Waals surface area contributed by atoms with Crippen molar-refractivity contribution in [1.82, 2.24) is 25.9 Å². The maximum Gasteiger partial charge on any atom is 0.341 e. The third-order valence-electron chi connectivity index (χ3n) is 5.59. The zero-order valence-electron chi connectivity index (χ0n) is 21.3. The van der Waals surface area contributed by atoms with E-state index in [0.717, 1.165) is 17.5 Å². The van der Waals surface area contributed by atoms with Gasteiger partial charge < -0.3 is 26.0 Å². The van der Waals surface area contributed by atoms with Crippen LogP contribution in [0.25, 0.3) is 11.1 Å². The lowest BCUT2D eigenvalue weighted by Gasteiger charge is -2.22. The van der Waals surface area contributed by atoms with E-state index >= 15 is 0 Å². The van der Waals surface area contributed by atoms with Crippen molar-refractivity contribution in [1.29, 1.82) is 0 Å². The number of hydrogen-bond acceptors (Lipinski definition) is 6. The van der Waals surface area contributed by atoms with E-state index in [4.69, 9.17) is 0 Å². The van der Waals surface area contributed by atoms with E-state index in [0.29, 0.717) is 23.7 Å². The topological polar surface area (TPSA) is 134 Å². The summed E-state index contributed by atoms with van der Waals surface area (Å²) >= 11 is 0. The number of benzene rings is 2. The number of aliphatic hydroxyl groups is 1. The number of nitrogens with zero attached hydrogens (tertiary/aromatic N) is 2. The van der Waals surface area contributed by atoms with Crippen molar-refractivity contribution in [2.75, 3.05) is 40.3 Å². The smallest absolute Gasteiger partial charge is 0.341 e. The van der Waals surface area contributed by atoms with Crippen LogP contribution in [0.4, 0.5) is 4.79 Å². The van der Waals surface area contributed by atoms with Gasteiger partial charge in [0.1, 0.15) is 6.04 Å². The Labute approximate surface area is 212 Å². The molecule has 0 fully saturated rings. The van der Waals surface area contributed by atoms with E-state index in [2.05, 4.69) is 35.0 Å². The second kappa shape index (κ2) is 14.2. The Kier molecular flexibility index (Phi) is 11.3. The fourth-order valence-electron chi connectivity index (χ4n) is 3.35. The third-order valence-corrected chi connectivity index (χ3v) is 5.59. The zero-order valence-corrected chi connectivity index (χ0v) is 21.3. The second-order valence-corrected chi connectivity index (χ2v) is 8.77. The fraction of sp³-hybridized carbons (Fsp3) is 0.423. The summed E-state index contributed by atoms with van der Waals surface area (Å²) in [6.07, 6.45) is -0.202. The lowest BCUT2D eigenvalue weighted by molar-refractivity contribution is -0.125. The first-order valence-corrected chi connectivity index (χ1v) is 12.0. The van der Waals surface area contributed by atoms with Gasteiger partial charge in [-0.05, 0) is 56.3 Å². The minimum absolute atomic E-state index is 0.0684. The molecule has 196 valence electrons. The Morgan fingerprint density at radius 1 is 0.889 bits per heavy atom. The average Bonchev–Trinajstić information content (AvgIpc) is 2.86. The molecule has 4 amide bonds. The third kappa shape index (κ3) is 8.95. The van der Waals surface area contributed by atoms with Crippen LogP contribution >= 0.6 is 0 Å². The van der Waals surface area contributed by atoms with Crippen molar-refractivity contribution >= 4 is 17.8 Å². The van der Waals surface area contributed by atoms with Gasteiger partial charge in [-0.2, -0.15) is 0 Å². The van der Waals surface area contributed by atoms with Gasteiger partial charge in [0, 0.05) is 25.2 Å². The van der Waals surface area contributed by atoms with Crippen molar-refractivity contribution < 1.29 is 24.7 Å². The number of rotatable bonds is 12. The molecule has 0 radical (unpaired) electrons. The number of amides is 4. The molecular weight excluding hydrogens is 462 g/mol. The number of hydrogen-bond donors (Lipinski definition) is 5. The number of carbonyl (C=O) groups is 3. The summed E-state index contributed by atoms with van der Waals surface area (Å²) < 4.78 is 0. The van der Waals surface area contributed by atoms with Crippen molar-refractivity contribution in [3.63, 3.8) is 0 Å². The highest BCUT2D eigenvalue weighted by atomic mass is 16.5. The molecule has 0 aliphatic rings. The molecule has 0 aliphatic carbocycles. The number of hydroxylamine groups is 2. The maximum atomic E-state index is 12.7. The molecule has 2 aromatic rings. The molecule has 5 N–H and O–H groups in total. The maximum absolute atomic E-state index is 12.7. The monoisotopic (exact) mass is 499 g/mol. The molecule has 36 heavy (non-hydrogen) atoms. The van der Waals surface area contributed by atoms with E-state index in [-0.39, 0.29) is 13.1 Å². The van der Waals surface area contributed by atoms with Crippen molar-refractivity contribution in [2.45, 2.75) is 32.4 Å². The highest BCUT2D eigenvalue weighted by molar-refractivity contribution is 5.98. The molecule has 0 heterocycles.